The molecule has 1 aliphatic heterocycles. The van der Waals surface area contributed by atoms with E-state index in [2.05, 4.69) is 49.0 Å². The van der Waals surface area contributed by atoms with E-state index in [-0.39, 0.29) is 17.3 Å². The zero-order valence-electron chi connectivity index (χ0n) is 20.4. The normalized spacial score (nSPS) is 16.8. The van der Waals surface area contributed by atoms with Crippen molar-refractivity contribution in [1.82, 2.24) is 24.4 Å². The van der Waals surface area contributed by atoms with Crippen molar-refractivity contribution < 1.29 is 18.0 Å². The highest BCUT2D eigenvalue weighted by atomic mass is 19.4. The predicted octanol–water partition coefficient (Wildman–Crippen LogP) is 4.22. The Morgan fingerprint density at radius 1 is 0.973 bits per heavy atom. The van der Waals surface area contributed by atoms with Gasteiger partial charge in [0.25, 0.3) is 0 Å². The Balaban J connectivity index is 1.17. The van der Waals surface area contributed by atoms with Crippen molar-refractivity contribution in [2.75, 3.05) is 31.1 Å². The molecule has 37 heavy (non-hydrogen) atoms. The van der Waals surface area contributed by atoms with E-state index < -0.39 is 12.0 Å². The molecule has 0 spiro atoms. The third-order valence-corrected chi connectivity index (χ3v) is 6.68. The Morgan fingerprint density at radius 2 is 1.70 bits per heavy atom. The van der Waals surface area contributed by atoms with Crippen molar-refractivity contribution in [3.63, 3.8) is 0 Å². The summed E-state index contributed by atoms with van der Waals surface area (Å²) < 4.78 is 40.3. The fourth-order valence-corrected chi connectivity index (χ4v) is 4.70. The van der Waals surface area contributed by atoms with Gasteiger partial charge in [-0.05, 0) is 29.7 Å². The first kappa shape index (κ1) is 24.9. The number of carbonyl (C=O) groups excluding carboxylic acids is 1. The Hall–Kier alpha value is -3.79. The van der Waals surface area contributed by atoms with Crippen LogP contribution in [0.3, 0.4) is 0 Å². The molecule has 0 atom stereocenters. The summed E-state index contributed by atoms with van der Waals surface area (Å²) in [5.74, 6) is 0.0829. The molecule has 192 valence electrons. The van der Waals surface area contributed by atoms with Crippen molar-refractivity contribution >= 4 is 11.6 Å². The lowest BCUT2D eigenvalue weighted by Gasteiger charge is -2.35. The number of anilines is 1. The standard InChI is InChI=1S/C27H27F3N6O/c1-34-23(17-32-26(34)27(28,29)30)25-31-10-9-24(33-25)36-13-11-35(12-14-36)18-20-7-5-19(6-8-20)15-21-3-2-4-22(37)16-21/h2-10,17H,11-16,18H2,1H3. The largest absolute Gasteiger partial charge is 0.449 e. The van der Waals surface area contributed by atoms with Crippen molar-refractivity contribution in [2.45, 2.75) is 25.6 Å². The number of nitrogens with zero attached hydrogens (tertiary/aromatic N) is 6. The first-order chi connectivity index (χ1) is 17.8. The van der Waals surface area contributed by atoms with Gasteiger partial charge < -0.3 is 9.47 Å². The minimum atomic E-state index is -4.54. The van der Waals surface area contributed by atoms with E-state index in [9.17, 15) is 18.0 Å². The van der Waals surface area contributed by atoms with E-state index in [1.165, 1.54) is 18.2 Å². The Bertz CT molecular complexity index is 1330. The Labute approximate surface area is 213 Å². The van der Waals surface area contributed by atoms with Crippen LogP contribution in [0.5, 0.6) is 0 Å². The SMILES string of the molecule is Cn1c(-c2nccc(N3CCN(Cc4ccc(CC5=CC=CC(=O)C5)cc4)CC3)n2)cnc1C(F)(F)F. The van der Waals surface area contributed by atoms with Gasteiger partial charge in [-0.2, -0.15) is 13.2 Å². The molecule has 0 N–H and O–H groups in total. The lowest BCUT2D eigenvalue weighted by atomic mass is 9.96. The van der Waals surface area contributed by atoms with Crippen molar-refractivity contribution in [1.29, 1.82) is 0 Å². The first-order valence-corrected chi connectivity index (χ1v) is 12.1. The summed E-state index contributed by atoms with van der Waals surface area (Å²) in [6.07, 6.45) is 4.93. The predicted molar refractivity (Wildman–Crippen MR) is 134 cm³/mol. The molecule has 1 aliphatic carbocycles. The van der Waals surface area contributed by atoms with Gasteiger partial charge in [-0.3, -0.25) is 9.69 Å². The minimum Gasteiger partial charge on any atom is -0.354 e. The molecule has 2 aromatic heterocycles. The van der Waals surface area contributed by atoms with E-state index in [0.29, 0.717) is 12.2 Å². The molecule has 0 bridgehead atoms. The molecule has 1 fully saturated rings. The molecule has 0 radical (unpaired) electrons. The number of imidazole rings is 1. The molecule has 10 heteroatoms. The molecular formula is C27H27F3N6O. The Morgan fingerprint density at radius 3 is 2.38 bits per heavy atom. The van der Waals surface area contributed by atoms with E-state index in [1.807, 2.05) is 12.2 Å². The third kappa shape index (κ3) is 5.80. The van der Waals surface area contributed by atoms with Crippen LogP contribution in [0.15, 0.2) is 66.5 Å². The van der Waals surface area contributed by atoms with E-state index in [0.717, 1.165) is 55.5 Å². The minimum absolute atomic E-state index is 0.152. The second-order valence-electron chi connectivity index (χ2n) is 9.35. The average molecular weight is 509 g/mol. The quantitative estimate of drug-likeness (QED) is 0.497. The molecule has 3 aromatic rings. The van der Waals surface area contributed by atoms with Gasteiger partial charge in [0.15, 0.2) is 11.6 Å². The molecular weight excluding hydrogens is 481 g/mol. The monoisotopic (exact) mass is 508 g/mol. The number of halogens is 3. The van der Waals surface area contributed by atoms with Crippen LogP contribution in [-0.4, -0.2) is 56.4 Å². The van der Waals surface area contributed by atoms with Crippen LogP contribution in [0.1, 0.15) is 23.4 Å². The van der Waals surface area contributed by atoms with Crippen LogP contribution in [-0.2, 0) is 31.0 Å². The van der Waals surface area contributed by atoms with Crippen LogP contribution in [0.4, 0.5) is 19.0 Å². The molecule has 0 amide bonds. The fraction of sp³-hybridized carbons (Fsp3) is 0.333. The highest BCUT2D eigenvalue weighted by molar-refractivity contribution is 5.93. The lowest BCUT2D eigenvalue weighted by molar-refractivity contribution is -0.146. The number of carbonyl (C=O) groups is 1. The molecule has 0 saturated carbocycles. The second kappa shape index (κ2) is 10.3. The number of hydrogen-bond donors (Lipinski definition) is 0. The maximum absolute atomic E-state index is 13.1. The second-order valence-corrected chi connectivity index (χ2v) is 9.35. The smallest absolute Gasteiger partial charge is 0.354 e. The van der Waals surface area contributed by atoms with E-state index in [4.69, 9.17) is 0 Å². The summed E-state index contributed by atoms with van der Waals surface area (Å²) in [5, 5.41) is 0. The highest BCUT2D eigenvalue weighted by Crippen LogP contribution is 2.30. The van der Waals surface area contributed by atoms with Gasteiger partial charge in [0.05, 0.1) is 6.20 Å². The fourth-order valence-electron chi connectivity index (χ4n) is 4.70. The van der Waals surface area contributed by atoms with Gasteiger partial charge in [-0.15, -0.1) is 0 Å². The number of rotatable bonds is 6. The summed E-state index contributed by atoms with van der Waals surface area (Å²) >= 11 is 0. The molecule has 1 saturated heterocycles. The van der Waals surface area contributed by atoms with Crippen molar-refractivity contribution in [2.24, 2.45) is 7.05 Å². The van der Waals surface area contributed by atoms with Crippen LogP contribution in [0.2, 0.25) is 0 Å². The summed E-state index contributed by atoms with van der Waals surface area (Å²) in [4.78, 5) is 28.3. The molecule has 5 rings (SSSR count). The van der Waals surface area contributed by atoms with Gasteiger partial charge in [0, 0.05) is 52.4 Å². The highest BCUT2D eigenvalue weighted by Gasteiger charge is 2.36. The van der Waals surface area contributed by atoms with Crippen molar-refractivity contribution in [3.05, 3.63) is 83.5 Å². The molecule has 3 heterocycles. The lowest BCUT2D eigenvalue weighted by Crippen LogP contribution is -2.46. The number of hydrogen-bond acceptors (Lipinski definition) is 6. The van der Waals surface area contributed by atoms with Crippen LogP contribution in [0.25, 0.3) is 11.5 Å². The maximum atomic E-state index is 13.1. The van der Waals surface area contributed by atoms with Gasteiger partial charge >= 0.3 is 6.18 Å². The number of aromatic nitrogens is 4. The summed E-state index contributed by atoms with van der Waals surface area (Å²) in [6, 6.07) is 10.3. The number of piperazine rings is 1. The van der Waals surface area contributed by atoms with Gasteiger partial charge in [-0.1, -0.05) is 42.0 Å². The topological polar surface area (TPSA) is 67.2 Å². The van der Waals surface area contributed by atoms with Crippen LogP contribution < -0.4 is 4.90 Å². The zero-order valence-corrected chi connectivity index (χ0v) is 20.4. The number of ketones is 1. The maximum Gasteiger partial charge on any atom is 0.449 e. The first-order valence-electron chi connectivity index (χ1n) is 12.1. The molecule has 7 nitrogen and oxygen atoms in total. The number of alkyl halides is 3. The third-order valence-electron chi connectivity index (χ3n) is 6.68. The van der Waals surface area contributed by atoms with Crippen LogP contribution >= 0.6 is 0 Å². The number of allylic oxidation sites excluding steroid dienone is 4. The van der Waals surface area contributed by atoms with Gasteiger partial charge in [0.1, 0.15) is 11.5 Å². The Kier molecular flexibility index (Phi) is 6.92. The number of benzene rings is 1. The zero-order chi connectivity index (χ0) is 26.0. The van der Waals surface area contributed by atoms with Gasteiger partial charge in [-0.25, -0.2) is 15.0 Å². The van der Waals surface area contributed by atoms with E-state index >= 15 is 0 Å². The van der Waals surface area contributed by atoms with E-state index in [1.54, 1.807) is 18.3 Å². The van der Waals surface area contributed by atoms with Gasteiger partial charge in [0.2, 0.25) is 5.82 Å². The summed E-state index contributed by atoms with van der Waals surface area (Å²) in [5.41, 5.74) is 3.78. The summed E-state index contributed by atoms with van der Waals surface area (Å²) in [7, 11) is 1.32. The summed E-state index contributed by atoms with van der Waals surface area (Å²) in [6.45, 7) is 4.02. The van der Waals surface area contributed by atoms with Crippen molar-refractivity contribution in [3.8, 4) is 11.5 Å². The average Bonchev–Trinajstić information content (AvgIpc) is 3.28. The molecule has 0 unspecified atom stereocenters. The van der Waals surface area contributed by atoms with Crippen LogP contribution in [0, 0.1) is 0 Å². The molecule has 2 aliphatic rings. The molecule has 1 aromatic carbocycles.